The summed E-state index contributed by atoms with van der Waals surface area (Å²) in [6, 6.07) is 32.1. The first kappa shape index (κ1) is 27.6. The maximum absolute atomic E-state index is 14.4. The van der Waals surface area contributed by atoms with E-state index < -0.39 is 0 Å². The molecule has 0 aliphatic heterocycles. The molecule has 1 atom stereocenters. The van der Waals surface area contributed by atoms with E-state index in [9.17, 15) is 9.59 Å². The number of benzene rings is 4. The van der Waals surface area contributed by atoms with Gasteiger partial charge in [-0.05, 0) is 35.9 Å². The Hall–Kier alpha value is -4.42. The highest BCUT2D eigenvalue weighted by molar-refractivity contribution is 5.97. The molecule has 0 aliphatic rings. The molecule has 0 saturated heterocycles. The van der Waals surface area contributed by atoms with E-state index in [0.29, 0.717) is 35.9 Å². The van der Waals surface area contributed by atoms with Crippen molar-refractivity contribution >= 4 is 11.7 Å². The summed E-state index contributed by atoms with van der Waals surface area (Å²) in [5.74, 6) is 1.70. The van der Waals surface area contributed by atoms with Crippen molar-refractivity contribution in [2.75, 3.05) is 27.9 Å². The summed E-state index contributed by atoms with van der Waals surface area (Å²) in [6.07, 6.45) is 0.152. The Kier molecular flexibility index (Phi) is 9.13. The van der Waals surface area contributed by atoms with Crippen LogP contribution >= 0.6 is 0 Å². The average Bonchev–Trinajstić information content (AvgIpc) is 2.98. The molecule has 0 saturated carbocycles. The van der Waals surface area contributed by atoms with Crippen LogP contribution in [0.25, 0.3) is 0 Å². The Labute approximate surface area is 230 Å². The van der Waals surface area contributed by atoms with Crippen LogP contribution in [0, 0.1) is 0 Å². The predicted octanol–water partition coefficient (Wildman–Crippen LogP) is 5.88. The Morgan fingerprint density at radius 1 is 0.615 bits per heavy atom. The van der Waals surface area contributed by atoms with Crippen molar-refractivity contribution in [3.8, 4) is 17.2 Å². The fraction of sp³-hybridized carbons (Fsp3) is 0.212. The van der Waals surface area contributed by atoms with Gasteiger partial charge in [0.05, 0.1) is 27.8 Å². The predicted molar refractivity (Wildman–Crippen MR) is 151 cm³/mol. The van der Waals surface area contributed by atoms with Crippen LogP contribution in [-0.4, -0.2) is 44.0 Å². The normalized spacial score (nSPS) is 12.3. The summed E-state index contributed by atoms with van der Waals surface area (Å²) < 4.78 is 16.3. The van der Waals surface area contributed by atoms with Crippen molar-refractivity contribution in [3.63, 3.8) is 0 Å². The Bertz CT molecular complexity index is 1400. The number of carbonyl (C=O) groups is 2. The van der Waals surface area contributed by atoms with Gasteiger partial charge < -0.3 is 14.2 Å². The first-order valence-electron chi connectivity index (χ1n) is 12.8. The van der Waals surface area contributed by atoms with Crippen LogP contribution in [0.15, 0.2) is 103 Å². The van der Waals surface area contributed by atoms with E-state index in [4.69, 9.17) is 14.2 Å². The van der Waals surface area contributed by atoms with E-state index in [0.717, 1.165) is 16.7 Å². The van der Waals surface area contributed by atoms with Crippen molar-refractivity contribution in [1.82, 2.24) is 0 Å². The van der Waals surface area contributed by atoms with E-state index in [1.165, 1.54) is 0 Å². The molecule has 0 bridgehead atoms. The van der Waals surface area contributed by atoms with Gasteiger partial charge in [-0.2, -0.15) is 0 Å². The molecule has 4 rings (SSSR count). The van der Waals surface area contributed by atoms with Crippen molar-refractivity contribution in [2.24, 2.45) is 0 Å². The molecule has 4 aromatic carbocycles. The number of methoxy groups -OCH3 is 3. The number of quaternary nitrogens is 1. The molecule has 0 N–H and O–H groups in total. The third-order valence-corrected chi connectivity index (χ3v) is 6.82. The van der Waals surface area contributed by atoms with Crippen molar-refractivity contribution < 1.29 is 28.3 Å². The minimum atomic E-state index is -0.0928. The largest absolute Gasteiger partial charge is 0.497 e. The van der Waals surface area contributed by atoms with Crippen molar-refractivity contribution in [3.05, 3.63) is 125 Å². The second-order valence-corrected chi connectivity index (χ2v) is 9.51. The molecule has 200 valence electrons. The van der Waals surface area contributed by atoms with E-state index in [1.807, 2.05) is 91.0 Å². The SMILES string of the molecule is COc1cccc(CC(=O)[N+](CC(=O)c2ccccc2)(Cc2ccccc2)Cc2ccc(OC)c(OC)c2)c1. The van der Waals surface area contributed by atoms with Gasteiger partial charge >= 0.3 is 5.91 Å². The van der Waals surface area contributed by atoms with Gasteiger partial charge in [0.15, 0.2) is 18.0 Å². The summed E-state index contributed by atoms with van der Waals surface area (Å²) in [4.78, 5) is 28.1. The highest BCUT2D eigenvalue weighted by Gasteiger charge is 2.39. The molecule has 0 fully saturated rings. The van der Waals surface area contributed by atoms with Crippen LogP contribution in [0.5, 0.6) is 17.2 Å². The van der Waals surface area contributed by atoms with Crippen LogP contribution in [0.1, 0.15) is 27.0 Å². The van der Waals surface area contributed by atoms with Gasteiger partial charge in [0.25, 0.3) is 0 Å². The van der Waals surface area contributed by atoms with Crippen molar-refractivity contribution in [2.45, 2.75) is 19.5 Å². The number of Topliss-reactive ketones (excluding diaryl/α,β-unsaturated/α-hetero) is 1. The molecule has 6 nitrogen and oxygen atoms in total. The summed E-state index contributed by atoms with van der Waals surface area (Å²) >= 11 is 0. The van der Waals surface area contributed by atoms with Crippen LogP contribution < -0.4 is 14.2 Å². The van der Waals surface area contributed by atoms with Gasteiger partial charge in [0, 0.05) is 16.7 Å². The van der Waals surface area contributed by atoms with Crippen LogP contribution in [0.4, 0.5) is 0 Å². The smallest absolute Gasteiger partial charge is 0.319 e. The minimum Gasteiger partial charge on any atom is -0.497 e. The third-order valence-electron chi connectivity index (χ3n) is 6.82. The van der Waals surface area contributed by atoms with Crippen LogP contribution in [0.3, 0.4) is 0 Å². The number of ether oxygens (including phenoxy) is 3. The van der Waals surface area contributed by atoms with Gasteiger partial charge in [-0.1, -0.05) is 72.8 Å². The zero-order valence-corrected chi connectivity index (χ0v) is 22.6. The number of nitrogens with zero attached hydrogens (tertiary/aromatic N) is 1. The maximum atomic E-state index is 14.4. The lowest BCUT2D eigenvalue weighted by atomic mass is 10.0. The highest BCUT2D eigenvalue weighted by Crippen LogP contribution is 2.31. The topological polar surface area (TPSA) is 61.8 Å². The summed E-state index contributed by atoms with van der Waals surface area (Å²) in [6.45, 7) is 0.670. The summed E-state index contributed by atoms with van der Waals surface area (Å²) in [5.41, 5.74) is 3.24. The fourth-order valence-corrected chi connectivity index (χ4v) is 4.81. The Morgan fingerprint density at radius 3 is 1.92 bits per heavy atom. The first-order chi connectivity index (χ1) is 19.0. The lowest BCUT2D eigenvalue weighted by Gasteiger charge is -2.36. The summed E-state index contributed by atoms with van der Waals surface area (Å²) in [7, 11) is 4.77. The van der Waals surface area contributed by atoms with Crippen LogP contribution in [-0.2, 0) is 24.3 Å². The second-order valence-electron chi connectivity index (χ2n) is 9.51. The number of rotatable bonds is 12. The molecule has 39 heavy (non-hydrogen) atoms. The molecule has 0 radical (unpaired) electrons. The standard InChI is InChI=1S/C33H34NO5/c1-37-29-16-10-13-26(19-29)21-33(36)34(22-25-11-6-4-7-12-25,24-30(35)28-14-8-5-9-15-28)23-27-17-18-31(38-2)32(20-27)39-3/h4-20H,21-24H2,1-3H3/q+1. The van der Waals surface area contributed by atoms with Crippen LogP contribution in [0.2, 0.25) is 0 Å². The molecule has 1 amide bonds. The summed E-state index contributed by atoms with van der Waals surface area (Å²) in [5, 5.41) is 0. The average molecular weight is 525 g/mol. The molecule has 0 spiro atoms. The fourth-order valence-electron chi connectivity index (χ4n) is 4.81. The van der Waals surface area contributed by atoms with Gasteiger partial charge in [-0.3, -0.25) is 4.79 Å². The van der Waals surface area contributed by atoms with Gasteiger partial charge in [0.1, 0.15) is 18.8 Å². The first-order valence-corrected chi connectivity index (χ1v) is 12.8. The lowest BCUT2D eigenvalue weighted by Crippen LogP contribution is -2.55. The van der Waals surface area contributed by atoms with Gasteiger partial charge in [0.2, 0.25) is 5.78 Å². The number of ketones is 1. The molecular formula is C33H34NO5+. The monoisotopic (exact) mass is 524 g/mol. The minimum absolute atomic E-state index is 0.00997. The Balaban J connectivity index is 1.81. The lowest BCUT2D eigenvalue weighted by molar-refractivity contribution is -0.873. The number of carbonyl (C=O) groups excluding carboxylic acids is 2. The molecule has 0 aromatic heterocycles. The zero-order valence-electron chi connectivity index (χ0n) is 22.6. The number of amides is 1. The molecule has 6 heteroatoms. The quantitative estimate of drug-likeness (QED) is 0.171. The second kappa shape index (κ2) is 12.9. The number of hydrogen-bond acceptors (Lipinski definition) is 5. The third kappa shape index (κ3) is 6.92. The molecule has 1 unspecified atom stereocenters. The molecule has 4 aromatic rings. The van der Waals surface area contributed by atoms with E-state index >= 15 is 0 Å². The van der Waals surface area contributed by atoms with E-state index in [2.05, 4.69) is 0 Å². The highest BCUT2D eigenvalue weighted by atomic mass is 16.5. The number of hydrogen-bond donors (Lipinski definition) is 0. The maximum Gasteiger partial charge on any atom is 0.319 e. The van der Waals surface area contributed by atoms with E-state index in [-0.39, 0.29) is 29.1 Å². The van der Waals surface area contributed by atoms with Crippen molar-refractivity contribution in [1.29, 1.82) is 0 Å². The van der Waals surface area contributed by atoms with Gasteiger partial charge in [-0.15, -0.1) is 0 Å². The molecular weight excluding hydrogens is 490 g/mol. The van der Waals surface area contributed by atoms with Gasteiger partial charge in [-0.25, -0.2) is 9.28 Å². The molecule has 0 heterocycles. The Morgan fingerprint density at radius 2 is 1.26 bits per heavy atom. The van der Waals surface area contributed by atoms with E-state index in [1.54, 1.807) is 33.5 Å². The zero-order chi connectivity index (χ0) is 27.7. The molecule has 0 aliphatic carbocycles.